The van der Waals surface area contributed by atoms with Crippen molar-refractivity contribution >= 4 is 40.7 Å². The number of carbonyl (C=O) groups excluding carboxylic acids is 2. The third kappa shape index (κ3) is 4.66. The lowest BCUT2D eigenvalue weighted by Crippen LogP contribution is -2.41. The topological polar surface area (TPSA) is 74.8 Å². The molecule has 0 spiro atoms. The Kier molecular flexibility index (Phi) is 7.14. The monoisotopic (exact) mass is 562 g/mol. The molecular weight excluding hydrogens is 535 g/mol. The molecule has 2 heterocycles. The molecule has 3 aromatic rings. The van der Waals surface area contributed by atoms with Crippen molar-refractivity contribution in [1.29, 1.82) is 0 Å². The number of fused-ring (bicyclic) bond motifs is 1. The summed E-state index contributed by atoms with van der Waals surface area (Å²) in [6.07, 6.45) is 3.48. The van der Waals surface area contributed by atoms with Crippen LogP contribution < -0.4 is 10.1 Å². The van der Waals surface area contributed by atoms with Crippen molar-refractivity contribution in [3.63, 3.8) is 0 Å². The molecule has 1 aliphatic carbocycles. The van der Waals surface area contributed by atoms with Gasteiger partial charge >= 0.3 is 0 Å². The number of amides is 2. The number of likely N-dealkylation sites (N-methyl/N-ethyl adjacent to an activating group) is 1. The first-order valence-corrected chi connectivity index (χ1v) is 13.3. The Balaban J connectivity index is 1.50. The molecule has 0 radical (unpaired) electrons. The first-order chi connectivity index (χ1) is 18.6. The minimum Gasteiger partial charge on any atom is -0.481 e. The van der Waals surface area contributed by atoms with Gasteiger partial charge in [-0.15, -0.1) is 0 Å². The fourth-order valence-corrected chi connectivity index (χ4v) is 5.70. The van der Waals surface area contributed by atoms with Crippen molar-refractivity contribution in [2.24, 2.45) is 0 Å². The zero-order valence-corrected chi connectivity index (χ0v) is 23.7. The quantitative estimate of drug-likeness (QED) is 0.360. The molecule has 0 unspecified atom stereocenters. The van der Waals surface area contributed by atoms with E-state index in [-0.39, 0.29) is 5.57 Å². The zero-order chi connectivity index (χ0) is 28.0. The number of aromatic nitrogens is 1. The van der Waals surface area contributed by atoms with Crippen LogP contribution in [0.3, 0.4) is 0 Å². The summed E-state index contributed by atoms with van der Waals surface area (Å²) in [4.78, 5) is 33.5. The molecule has 1 atom stereocenters. The summed E-state index contributed by atoms with van der Waals surface area (Å²) in [6.45, 7) is 6.03. The minimum atomic E-state index is -0.575. The lowest BCUT2D eigenvalue weighted by molar-refractivity contribution is -0.128. The molecule has 9 heteroatoms. The van der Waals surface area contributed by atoms with E-state index in [9.17, 15) is 9.59 Å². The highest BCUT2D eigenvalue weighted by atomic mass is 35.5. The van der Waals surface area contributed by atoms with Crippen LogP contribution in [0.15, 0.2) is 66.6 Å². The van der Waals surface area contributed by atoms with Crippen LogP contribution in [0.4, 0.5) is 5.69 Å². The number of anilines is 1. The van der Waals surface area contributed by atoms with E-state index >= 15 is 0 Å². The molecule has 1 aromatic heterocycles. The molecular formula is C30H28Cl2N4O3. The molecule has 0 fully saturated rings. The molecule has 200 valence electrons. The third-order valence-corrected chi connectivity index (χ3v) is 8.17. The lowest BCUT2D eigenvalue weighted by Gasteiger charge is -2.31. The van der Waals surface area contributed by atoms with Crippen LogP contribution in [0.2, 0.25) is 10.0 Å². The Hall–Kier alpha value is -3.81. The molecule has 0 saturated heterocycles. The van der Waals surface area contributed by atoms with Crippen molar-refractivity contribution in [3.05, 3.63) is 87.8 Å². The van der Waals surface area contributed by atoms with Crippen molar-refractivity contribution in [2.75, 3.05) is 26.5 Å². The lowest BCUT2D eigenvalue weighted by atomic mass is 9.98. The maximum absolute atomic E-state index is 13.1. The number of aryl methyl sites for hydroxylation is 1. The predicted octanol–water partition coefficient (Wildman–Crippen LogP) is 6.48. The van der Waals surface area contributed by atoms with Gasteiger partial charge in [0, 0.05) is 42.5 Å². The van der Waals surface area contributed by atoms with E-state index in [0.717, 1.165) is 29.7 Å². The Bertz CT molecular complexity index is 1570. The van der Waals surface area contributed by atoms with E-state index in [4.69, 9.17) is 32.9 Å². The Morgan fingerprint density at radius 2 is 1.77 bits per heavy atom. The standard InChI is InChI=1S/C30H28Cl2N4O3/c1-16-12-13-18-14-24(34-29(39-5)25(16)18)21-10-6-8-19(26(21)31)20-9-7-11-23(27(20)32)33-28(37)22-15-35(3)17(2)36(4)30(22)38/h6-11,14-16H,2,12-13H2,1,3-5H3,(H,33,37)/t16-/m1/s1. The summed E-state index contributed by atoms with van der Waals surface area (Å²) in [6, 6.07) is 13.0. The van der Waals surface area contributed by atoms with Crippen molar-refractivity contribution in [1.82, 2.24) is 14.8 Å². The molecule has 7 nitrogen and oxygen atoms in total. The summed E-state index contributed by atoms with van der Waals surface area (Å²) < 4.78 is 5.64. The number of methoxy groups -OCH3 is 1. The van der Waals surface area contributed by atoms with Gasteiger partial charge in [-0.3, -0.25) is 14.5 Å². The molecule has 5 rings (SSSR count). The van der Waals surface area contributed by atoms with Crippen molar-refractivity contribution in [2.45, 2.75) is 25.7 Å². The highest BCUT2D eigenvalue weighted by Crippen LogP contribution is 2.44. The molecule has 39 heavy (non-hydrogen) atoms. The van der Waals surface area contributed by atoms with Crippen molar-refractivity contribution < 1.29 is 14.3 Å². The van der Waals surface area contributed by atoms with Gasteiger partial charge in [0.2, 0.25) is 5.88 Å². The summed E-state index contributed by atoms with van der Waals surface area (Å²) in [7, 11) is 4.92. The van der Waals surface area contributed by atoms with Crippen LogP contribution in [0.25, 0.3) is 22.4 Å². The van der Waals surface area contributed by atoms with E-state index in [1.165, 1.54) is 16.7 Å². The second-order valence-corrected chi connectivity index (χ2v) is 10.5. The molecule has 2 amide bonds. The second-order valence-electron chi connectivity index (χ2n) is 9.75. The number of halogens is 2. The normalized spacial score (nSPS) is 16.8. The smallest absolute Gasteiger partial charge is 0.266 e. The van der Waals surface area contributed by atoms with E-state index in [2.05, 4.69) is 24.9 Å². The molecule has 2 aliphatic rings. The van der Waals surface area contributed by atoms with E-state index in [1.807, 2.05) is 24.3 Å². The number of nitrogens with zero attached hydrogens (tertiary/aromatic N) is 3. The first kappa shape index (κ1) is 26.8. The zero-order valence-electron chi connectivity index (χ0n) is 22.1. The third-order valence-electron chi connectivity index (χ3n) is 7.35. The fourth-order valence-electron chi connectivity index (χ4n) is 5.10. The molecule has 0 saturated carbocycles. The summed E-state index contributed by atoms with van der Waals surface area (Å²) in [5, 5.41) is 3.56. The largest absolute Gasteiger partial charge is 0.481 e. The number of rotatable bonds is 5. The number of pyridine rings is 1. The Morgan fingerprint density at radius 3 is 2.49 bits per heavy atom. The molecule has 0 bridgehead atoms. The van der Waals surface area contributed by atoms with Gasteiger partial charge < -0.3 is 15.0 Å². The minimum absolute atomic E-state index is 0.0279. The van der Waals surface area contributed by atoms with Gasteiger partial charge in [-0.1, -0.05) is 67.0 Å². The van der Waals surface area contributed by atoms with Gasteiger partial charge in [0.25, 0.3) is 11.8 Å². The fraction of sp³-hybridized carbons (Fsp3) is 0.233. The highest BCUT2D eigenvalue weighted by molar-refractivity contribution is 6.40. The number of nitrogens with one attached hydrogen (secondary N) is 1. The van der Waals surface area contributed by atoms with E-state index in [1.54, 1.807) is 38.2 Å². The van der Waals surface area contributed by atoms with E-state index in [0.29, 0.717) is 44.5 Å². The van der Waals surface area contributed by atoms with E-state index < -0.39 is 11.8 Å². The molecule has 2 aromatic carbocycles. The number of ether oxygens (including phenoxy) is 1. The second kappa shape index (κ2) is 10.4. The van der Waals surface area contributed by atoms with Crippen LogP contribution >= 0.6 is 23.2 Å². The van der Waals surface area contributed by atoms with Crippen LogP contribution in [0.5, 0.6) is 5.88 Å². The van der Waals surface area contributed by atoms with Gasteiger partial charge in [-0.25, -0.2) is 4.98 Å². The first-order valence-electron chi connectivity index (χ1n) is 12.5. The average Bonchev–Trinajstić information content (AvgIpc) is 3.31. The number of carbonyl (C=O) groups is 2. The van der Waals surface area contributed by atoms with Gasteiger partial charge in [0.05, 0.1) is 28.5 Å². The Morgan fingerprint density at radius 1 is 1.10 bits per heavy atom. The highest BCUT2D eigenvalue weighted by Gasteiger charge is 2.30. The molecule has 1 aliphatic heterocycles. The van der Waals surface area contributed by atoms with Gasteiger partial charge in [0.15, 0.2) is 0 Å². The van der Waals surface area contributed by atoms with Gasteiger partial charge in [-0.2, -0.15) is 0 Å². The van der Waals surface area contributed by atoms with Gasteiger partial charge in [0.1, 0.15) is 11.4 Å². The number of hydrogen-bond donors (Lipinski definition) is 1. The summed E-state index contributed by atoms with van der Waals surface area (Å²) >= 11 is 13.8. The van der Waals surface area contributed by atoms with Gasteiger partial charge in [-0.05, 0) is 36.5 Å². The summed E-state index contributed by atoms with van der Waals surface area (Å²) in [5.74, 6) is 0.465. The van der Waals surface area contributed by atoms with Crippen LogP contribution in [-0.4, -0.2) is 47.8 Å². The van der Waals surface area contributed by atoms with Crippen LogP contribution in [0.1, 0.15) is 30.4 Å². The molecule has 1 N–H and O–H groups in total. The average molecular weight is 563 g/mol. The van der Waals surface area contributed by atoms with Crippen LogP contribution in [-0.2, 0) is 16.0 Å². The number of benzene rings is 2. The predicted molar refractivity (Wildman–Crippen MR) is 155 cm³/mol. The Labute approximate surface area is 237 Å². The maximum atomic E-state index is 13.1. The maximum Gasteiger partial charge on any atom is 0.266 e. The van der Waals surface area contributed by atoms with Crippen molar-refractivity contribution in [3.8, 4) is 28.3 Å². The summed E-state index contributed by atoms with van der Waals surface area (Å²) in [5.41, 5.74) is 5.51. The van der Waals surface area contributed by atoms with Crippen LogP contribution in [0, 0.1) is 0 Å². The SMILES string of the molecule is C=C1N(C)C=C(C(=O)Nc2cccc(-c3cccc(-c4cc5c(c(OC)n4)[C@H](C)CC5)c3Cl)c2Cl)C(=O)N1C. The number of hydrogen-bond acceptors (Lipinski definition) is 5.